The maximum Gasteiger partial charge on any atom is 0.341 e. The maximum atomic E-state index is 14.6. The lowest BCUT2D eigenvalue weighted by Crippen LogP contribution is -2.33. The number of hydrogen-bond donors (Lipinski definition) is 5. The van der Waals surface area contributed by atoms with Crippen molar-refractivity contribution in [2.24, 2.45) is 16.5 Å². The average molecular weight is 405 g/mol. The topological polar surface area (TPSA) is 163 Å². The van der Waals surface area contributed by atoms with Crippen molar-refractivity contribution in [3.8, 4) is 0 Å². The number of unbranched alkanes of at least 4 members (excludes halogenated alkanes) is 1. The molecule has 1 saturated heterocycles. The molecule has 156 valence electrons. The van der Waals surface area contributed by atoms with Crippen molar-refractivity contribution < 1.29 is 14.3 Å². The minimum Gasteiger partial charge on any atom is -0.477 e. The summed E-state index contributed by atoms with van der Waals surface area (Å²) < 4.78 is 14.6. The zero-order valence-electron chi connectivity index (χ0n) is 15.8. The summed E-state index contributed by atoms with van der Waals surface area (Å²) in [6.45, 7) is 2.60. The number of aromatic nitrogens is 2. The third-order valence-electron chi connectivity index (χ3n) is 4.83. The number of carboxylic acid groups (broad SMARTS) is 1. The smallest absolute Gasteiger partial charge is 0.341 e. The van der Waals surface area contributed by atoms with Crippen LogP contribution in [0.4, 0.5) is 10.2 Å². The van der Waals surface area contributed by atoms with Crippen molar-refractivity contribution in [2.45, 2.75) is 25.3 Å². The second kappa shape index (κ2) is 8.86. The van der Waals surface area contributed by atoms with E-state index in [4.69, 9.17) is 16.6 Å². The number of anilines is 1. The van der Waals surface area contributed by atoms with E-state index in [1.54, 1.807) is 0 Å². The number of aromatic amines is 1. The summed E-state index contributed by atoms with van der Waals surface area (Å²) >= 11 is 0. The highest BCUT2D eigenvalue weighted by atomic mass is 19.1. The summed E-state index contributed by atoms with van der Waals surface area (Å²) in [6, 6.07) is 1.25. The second-order valence-electron chi connectivity index (χ2n) is 6.93. The number of nitrogens with zero attached hydrogens (tertiary/aromatic N) is 3. The number of hydrogen-bond acceptors (Lipinski definition) is 6. The molecule has 0 radical (unpaired) electrons. The fourth-order valence-electron chi connectivity index (χ4n) is 3.36. The minimum absolute atomic E-state index is 0.0826. The molecule has 3 rings (SSSR count). The van der Waals surface area contributed by atoms with Crippen molar-refractivity contribution in [3.05, 3.63) is 33.9 Å². The number of nitrogens with one attached hydrogen (secondary N) is 2. The molecule has 2 aromatic heterocycles. The van der Waals surface area contributed by atoms with Crippen molar-refractivity contribution >= 4 is 28.8 Å². The van der Waals surface area contributed by atoms with E-state index in [9.17, 15) is 14.0 Å². The van der Waals surface area contributed by atoms with Gasteiger partial charge in [0.1, 0.15) is 11.2 Å². The normalized spacial score (nSPS) is 16.3. The number of pyridine rings is 2. The van der Waals surface area contributed by atoms with Gasteiger partial charge < -0.3 is 31.8 Å². The maximum absolute atomic E-state index is 14.6. The summed E-state index contributed by atoms with van der Waals surface area (Å²) in [7, 11) is 0. The van der Waals surface area contributed by atoms with E-state index >= 15 is 0 Å². The first kappa shape index (κ1) is 20.5. The lowest BCUT2D eigenvalue weighted by Gasteiger charge is -2.19. The van der Waals surface area contributed by atoms with Crippen molar-refractivity contribution in [2.75, 3.05) is 31.1 Å². The first-order chi connectivity index (χ1) is 13.9. The molecule has 3 heterocycles. The lowest BCUT2D eigenvalue weighted by atomic mass is 10.2. The number of aromatic carboxylic acids is 1. The molecule has 1 unspecified atom stereocenters. The van der Waals surface area contributed by atoms with Gasteiger partial charge >= 0.3 is 5.97 Å². The van der Waals surface area contributed by atoms with Crippen LogP contribution in [0.2, 0.25) is 0 Å². The third-order valence-corrected chi connectivity index (χ3v) is 4.83. The van der Waals surface area contributed by atoms with Gasteiger partial charge in [0.2, 0.25) is 5.43 Å². The van der Waals surface area contributed by atoms with Crippen LogP contribution in [0.25, 0.3) is 11.0 Å². The van der Waals surface area contributed by atoms with E-state index in [1.165, 1.54) is 0 Å². The zero-order chi connectivity index (χ0) is 21.0. The molecule has 2 aromatic rings. The van der Waals surface area contributed by atoms with Gasteiger partial charge in [0.25, 0.3) is 0 Å². The van der Waals surface area contributed by atoms with Gasteiger partial charge in [-0.15, -0.1) is 0 Å². The number of nitrogens with two attached hydrogens (primary N) is 2. The van der Waals surface area contributed by atoms with Crippen molar-refractivity contribution in [1.29, 1.82) is 0 Å². The predicted octanol–water partition coefficient (Wildman–Crippen LogP) is -0.0177. The Bertz CT molecular complexity index is 987. The summed E-state index contributed by atoms with van der Waals surface area (Å²) in [4.78, 5) is 35.9. The van der Waals surface area contributed by atoms with Crippen LogP contribution in [0.5, 0.6) is 0 Å². The number of halogens is 1. The third kappa shape index (κ3) is 4.80. The fraction of sp³-hybridized carbons (Fsp3) is 0.444. The van der Waals surface area contributed by atoms with Gasteiger partial charge in [-0.25, -0.2) is 14.2 Å². The highest BCUT2D eigenvalue weighted by molar-refractivity contribution is 5.91. The van der Waals surface area contributed by atoms with Crippen LogP contribution in [-0.2, 0) is 0 Å². The minimum atomic E-state index is -1.37. The molecule has 1 aliphatic heterocycles. The van der Waals surface area contributed by atoms with Crippen LogP contribution in [0.3, 0.4) is 0 Å². The first-order valence-electron chi connectivity index (χ1n) is 9.35. The molecule has 10 nitrogen and oxygen atoms in total. The highest BCUT2D eigenvalue weighted by Crippen LogP contribution is 2.24. The molecule has 0 saturated carbocycles. The van der Waals surface area contributed by atoms with Crippen LogP contribution in [0.15, 0.2) is 22.1 Å². The molecule has 11 heteroatoms. The molecular weight excluding hydrogens is 381 g/mol. The van der Waals surface area contributed by atoms with Crippen LogP contribution in [0, 0.1) is 5.82 Å². The molecule has 1 fully saturated rings. The summed E-state index contributed by atoms with van der Waals surface area (Å²) in [6.07, 6.45) is 3.71. The Hall–Kier alpha value is -3.21. The zero-order valence-corrected chi connectivity index (χ0v) is 15.8. The van der Waals surface area contributed by atoms with Gasteiger partial charge in [-0.1, -0.05) is 0 Å². The molecule has 7 N–H and O–H groups in total. The second-order valence-corrected chi connectivity index (χ2v) is 6.93. The van der Waals surface area contributed by atoms with E-state index in [0.29, 0.717) is 19.6 Å². The van der Waals surface area contributed by atoms with Gasteiger partial charge in [0.15, 0.2) is 17.6 Å². The Morgan fingerprint density at radius 2 is 2.24 bits per heavy atom. The Balaban J connectivity index is 1.63. The molecule has 0 amide bonds. The van der Waals surface area contributed by atoms with E-state index in [2.05, 4.69) is 20.3 Å². The number of carbonyl (C=O) groups is 1. The van der Waals surface area contributed by atoms with Gasteiger partial charge in [-0.3, -0.25) is 9.79 Å². The van der Waals surface area contributed by atoms with Crippen LogP contribution < -0.4 is 27.1 Å². The van der Waals surface area contributed by atoms with E-state index in [1.807, 2.05) is 4.90 Å². The van der Waals surface area contributed by atoms with Crippen molar-refractivity contribution in [3.63, 3.8) is 0 Å². The quantitative estimate of drug-likeness (QED) is 0.232. The molecule has 0 bridgehead atoms. The molecular formula is C18H24FN7O3. The van der Waals surface area contributed by atoms with Gasteiger partial charge in [0.05, 0.1) is 5.39 Å². The Morgan fingerprint density at radius 3 is 2.97 bits per heavy atom. The standard InChI is InChI=1S/C18H24FN7O3/c19-13-7-11-14(27)12(17(28)29)8-24-15(11)25-16(13)26-6-3-10(9-26)22-4-1-2-5-23-18(20)21/h7-8,10,22H,1-6,9H2,(H,28,29)(H4,20,21,23)(H,24,25,27). The van der Waals surface area contributed by atoms with Gasteiger partial charge in [-0.2, -0.15) is 0 Å². The summed E-state index contributed by atoms with van der Waals surface area (Å²) in [5, 5.41) is 12.4. The molecule has 29 heavy (non-hydrogen) atoms. The number of fused-ring (bicyclic) bond motifs is 1. The van der Waals surface area contributed by atoms with E-state index in [0.717, 1.165) is 38.1 Å². The van der Waals surface area contributed by atoms with Gasteiger partial charge in [0, 0.05) is 31.9 Å². The van der Waals surface area contributed by atoms with Crippen molar-refractivity contribution in [1.82, 2.24) is 15.3 Å². The van der Waals surface area contributed by atoms with E-state index in [-0.39, 0.29) is 28.9 Å². The summed E-state index contributed by atoms with van der Waals surface area (Å²) in [5.74, 6) is -1.78. The Kier molecular flexibility index (Phi) is 6.27. The number of rotatable bonds is 8. The first-order valence-corrected chi connectivity index (χ1v) is 9.35. The van der Waals surface area contributed by atoms with E-state index < -0.39 is 22.8 Å². The van der Waals surface area contributed by atoms with Crippen LogP contribution in [0.1, 0.15) is 29.6 Å². The number of guanidine groups is 1. The Labute approximate surface area is 165 Å². The monoisotopic (exact) mass is 405 g/mol. The average Bonchev–Trinajstić information content (AvgIpc) is 3.13. The number of aliphatic imine (C=N–C) groups is 1. The molecule has 0 aliphatic carbocycles. The SMILES string of the molecule is NC(N)=NCCCCNC1CCN(c2nc3[nH]cc(C(=O)O)c(=O)c3cc2F)C1. The van der Waals surface area contributed by atoms with Crippen LogP contribution >= 0.6 is 0 Å². The molecule has 1 atom stereocenters. The number of H-pyrrole nitrogens is 1. The van der Waals surface area contributed by atoms with Gasteiger partial charge in [-0.05, 0) is 31.9 Å². The van der Waals surface area contributed by atoms with Crippen LogP contribution in [-0.4, -0.2) is 59.2 Å². The fourth-order valence-corrected chi connectivity index (χ4v) is 3.36. The molecule has 0 spiro atoms. The molecule has 1 aliphatic rings. The number of carboxylic acids is 1. The lowest BCUT2D eigenvalue weighted by molar-refractivity contribution is 0.0695. The Morgan fingerprint density at radius 1 is 1.45 bits per heavy atom. The summed E-state index contributed by atoms with van der Waals surface area (Å²) in [5.41, 5.74) is 9.51. The molecule has 0 aromatic carbocycles. The highest BCUT2D eigenvalue weighted by Gasteiger charge is 2.26. The predicted molar refractivity (Wildman–Crippen MR) is 108 cm³/mol. The largest absolute Gasteiger partial charge is 0.477 e.